The Morgan fingerprint density at radius 2 is 2.19 bits per heavy atom. The fourth-order valence-corrected chi connectivity index (χ4v) is 2.43. The minimum atomic E-state index is 0.695. The molecule has 0 bridgehead atoms. The van der Waals surface area contributed by atoms with Crippen molar-refractivity contribution < 1.29 is 9.21 Å². The summed E-state index contributed by atoms with van der Waals surface area (Å²) in [6.07, 6.45) is 4.23. The number of furan rings is 1. The molecular formula is C12H7NO2S. The first-order chi connectivity index (χ1) is 7.88. The van der Waals surface area contributed by atoms with E-state index in [1.165, 1.54) is 11.3 Å². The zero-order valence-corrected chi connectivity index (χ0v) is 9.03. The quantitative estimate of drug-likeness (QED) is 0.633. The van der Waals surface area contributed by atoms with Crippen LogP contribution >= 0.6 is 11.3 Å². The van der Waals surface area contributed by atoms with Gasteiger partial charge in [0.2, 0.25) is 0 Å². The monoisotopic (exact) mass is 229 g/mol. The van der Waals surface area contributed by atoms with Gasteiger partial charge in [-0.15, -0.1) is 11.3 Å². The highest BCUT2D eigenvalue weighted by atomic mass is 32.1. The van der Waals surface area contributed by atoms with Gasteiger partial charge in [-0.1, -0.05) is 0 Å². The SMILES string of the molecule is O=Cc1ccc(-c2nccc3ccoc23)s1. The minimum absolute atomic E-state index is 0.695. The molecule has 3 heterocycles. The van der Waals surface area contributed by atoms with Crippen molar-refractivity contribution >= 4 is 28.6 Å². The molecule has 3 aromatic rings. The summed E-state index contributed by atoms with van der Waals surface area (Å²) in [5.41, 5.74) is 1.56. The summed E-state index contributed by atoms with van der Waals surface area (Å²) < 4.78 is 5.40. The Balaban J connectivity index is 2.24. The Morgan fingerprint density at radius 3 is 3.00 bits per heavy atom. The van der Waals surface area contributed by atoms with E-state index in [1.54, 1.807) is 18.5 Å². The topological polar surface area (TPSA) is 43.1 Å². The second kappa shape index (κ2) is 3.57. The molecule has 0 aliphatic rings. The molecule has 78 valence electrons. The maximum absolute atomic E-state index is 10.6. The maximum atomic E-state index is 10.6. The number of aldehydes is 1. The molecule has 0 aromatic carbocycles. The molecule has 0 unspecified atom stereocenters. The molecule has 0 spiro atoms. The molecule has 0 aliphatic carbocycles. The van der Waals surface area contributed by atoms with Crippen LogP contribution in [0.25, 0.3) is 21.5 Å². The number of aromatic nitrogens is 1. The van der Waals surface area contributed by atoms with Gasteiger partial charge in [-0.05, 0) is 24.3 Å². The normalized spacial score (nSPS) is 10.8. The number of hydrogen-bond donors (Lipinski definition) is 0. The fourth-order valence-electron chi connectivity index (χ4n) is 1.61. The number of carbonyl (C=O) groups excluding carboxylic acids is 1. The zero-order valence-electron chi connectivity index (χ0n) is 8.21. The maximum Gasteiger partial charge on any atom is 0.160 e. The standard InChI is InChI=1S/C12H7NO2S/c14-7-9-1-2-10(16-9)11-12-8(3-5-13-11)4-6-15-12/h1-7H. The molecule has 0 amide bonds. The number of thiophene rings is 1. The van der Waals surface area contributed by atoms with Crippen LogP contribution in [0.4, 0.5) is 0 Å². The van der Waals surface area contributed by atoms with Gasteiger partial charge in [-0.3, -0.25) is 9.78 Å². The molecule has 3 rings (SSSR count). The predicted molar refractivity (Wildman–Crippen MR) is 62.7 cm³/mol. The third-order valence-corrected chi connectivity index (χ3v) is 3.36. The van der Waals surface area contributed by atoms with Gasteiger partial charge in [-0.2, -0.15) is 0 Å². The lowest BCUT2D eigenvalue weighted by molar-refractivity contribution is 0.112. The highest BCUT2D eigenvalue weighted by molar-refractivity contribution is 7.17. The minimum Gasteiger partial charge on any atom is -0.462 e. The first-order valence-electron chi connectivity index (χ1n) is 4.76. The van der Waals surface area contributed by atoms with Gasteiger partial charge in [0.25, 0.3) is 0 Å². The lowest BCUT2D eigenvalue weighted by Gasteiger charge is -1.96. The van der Waals surface area contributed by atoms with E-state index >= 15 is 0 Å². The summed E-state index contributed by atoms with van der Waals surface area (Å²) >= 11 is 1.41. The number of hydrogen-bond acceptors (Lipinski definition) is 4. The van der Waals surface area contributed by atoms with Gasteiger partial charge in [-0.25, -0.2) is 0 Å². The van der Waals surface area contributed by atoms with E-state index in [0.717, 1.165) is 27.8 Å². The largest absolute Gasteiger partial charge is 0.462 e. The molecule has 0 saturated heterocycles. The Hall–Kier alpha value is -1.94. The molecule has 4 heteroatoms. The van der Waals surface area contributed by atoms with Crippen LogP contribution in [0.2, 0.25) is 0 Å². The molecule has 3 nitrogen and oxygen atoms in total. The lowest BCUT2D eigenvalue weighted by Crippen LogP contribution is -1.79. The van der Waals surface area contributed by atoms with E-state index in [2.05, 4.69) is 4.98 Å². The first kappa shape index (κ1) is 9.30. The summed E-state index contributed by atoms with van der Waals surface area (Å²) in [6.45, 7) is 0. The van der Waals surface area contributed by atoms with Crippen molar-refractivity contribution in [1.82, 2.24) is 4.98 Å². The van der Waals surface area contributed by atoms with Crippen LogP contribution in [-0.2, 0) is 0 Å². The average molecular weight is 229 g/mol. The molecular weight excluding hydrogens is 222 g/mol. The zero-order chi connectivity index (χ0) is 11.0. The van der Waals surface area contributed by atoms with E-state index in [-0.39, 0.29) is 0 Å². The van der Waals surface area contributed by atoms with E-state index < -0.39 is 0 Å². The Kier molecular flexibility index (Phi) is 2.08. The predicted octanol–water partition coefficient (Wildman–Crippen LogP) is 3.37. The van der Waals surface area contributed by atoms with Crippen LogP contribution in [0, 0.1) is 0 Å². The Bertz CT molecular complexity index is 654. The molecule has 0 radical (unpaired) electrons. The number of fused-ring (bicyclic) bond motifs is 1. The molecule has 0 saturated carbocycles. The molecule has 0 atom stereocenters. The summed E-state index contributed by atoms with van der Waals surface area (Å²) in [7, 11) is 0. The Labute approximate surface area is 95.4 Å². The molecule has 16 heavy (non-hydrogen) atoms. The van der Waals surface area contributed by atoms with E-state index in [9.17, 15) is 4.79 Å². The number of pyridine rings is 1. The Morgan fingerprint density at radius 1 is 1.25 bits per heavy atom. The molecule has 0 fully saturated rings. The smallest absolute Gasteiger partial charge is 0.160 e. The number of rotatable bonds is 2. The summed E-state index contributed by atoms with van der Waals surface area (Å²) in [5, 5.41) is 1.02. The van der Waals surface area contributed by atoms with Crippen LogP contribution in [0.1, 0.15) is 9.67 Å². The van der Waals surface area contributed by atoms with Crippen LogP contribution < -0.4 is 0 Å². The third kappa shape index (κ3) is 1.35. The highest BCUT2D eigenvalue weighted by Gasteiger charge is 2.10. The van der Waals surface area contributed by atoms with Crippen molar-refractivity contribution in [3.63, 3.8) is 0 Å². The van der Waals surface area contributed by atoms with Crippen molar-refractivity contribution in [2.24, 2.45) is 0 Å². The second-order valence-corrected chi connectivity index (χ2v) is 4.43. The molecule has 0 N–H and O–H groups in total. The van der Waals surface area contributed by atoms with Crippen LogP contribution in [-0.4, -0.2) is 11.3 Å². The fraction of sp³-hybridized carbons (Fsp3) is 0. The molecule has 0 aliphatic heterocycles. The van der Waals surface area contributed by atoms with E-state index in [4.69, 9.17) is 4.42 Å². The van der Waals surface area contributed by atoms with Crippen molar-refractivity contribution in [3.05, 3.63) is 41.6 Å². The van der Waals surface area contributed by atoms with Crippen LogP contribution in [0.3, 0.4) is 0 Å². The summed E-state index contributed by atoms with van der Waals surface area (Å²) in [5.74, 6) is 0. The molecule has 3 aromatic heterocycles. The number of carbonyl (C=O) groups is 1. The highest BCUT2D eigenvalue weighted by Crippen LogP contribution is 2.31. The van der Waals surface area contributed by atoms with E-state index in [1.807, 2.05) is 18.2 Å². The van der Waals surface area contributed by atoms with Crippen molar-refractivity contribution in [2.75, 3.05) is 0 Å². The number of nitrogens with zero attached hydrogens (tertiary/aromatic N) is 1. The van der Waals surface area contributed by atoms with Gasteiger partial charge in [0, 0.05) is 11.6 Å². The van der Waals surface area contributed by atoms with Gasteiger partial charge in [0.15, 0.2) is 11.9 Å². The summed E-state index contributed by atoms with van der Waals surface area (Å²) in [6, 6.07) is 7.47. The van der Waals surface area contributed by atoms with Crippen LogP contribution in [0.5, 0.6) is 0 Å². The van der Waals surface area contributed by atoms with Gasteiger partial charge in [0.1, 0.15) is 5.69 Å². The van der Waals surface area contributed by atoms with Crippen molar-refractivity contribution in [1.29, 1.82) is 0 Å². The van der Waals surface area contributed by atoms with E-state index in [0.29, 0.717) is 4.88 Å². The first-order valence-corrected chi connectivity index (χ1v) is 5.58. The summed E-state index contributed by atoms with van der Waals surface area (Å²) in [4.78, 5) is 16.6. The lowest BCUT2D eigenvalue weighted by atomic mass is 10.2. The van der Waals surface area contributed by atoms with Crippen molar-refractivity contribution in [2.45, 2.75) is 0 Å². The van der Waals surface area contributed by atoms with Gasteiger partial charge >= 0.3 is 0 Å². The second-order valence-electron chi connectivity index (χ2n) is 3.32. The third-order valence-electron chi connectivity index (χ3n) is 2.34. The van der Waals surface area contributed by atoms with Crippen molar-refractivity contribution in [3.8, 4) is 10.6 Å². The van der Waals surface area contributed by atoms with Crippen LogP contribution in [0.15, 0.2) is 41.1 Å². The van der Waals surface area contributed by atoms with Gasteiger partial charge < -0.3 is 4.42 Å². The average Bonchev–Trinajstić information content (AvgIpc) is 2.97. The van der Waals surface area contributed by atoms with Gasteiger partial charge in [0.05, 0.1) is 16.0 Å².